The van der Waals surface area contributed by atoms with Gasteiger partial charge in [-0.25, -0.2) is 4.79 Å². The molecule has 3 N–H and O–H groups in total. The first-order valence-corrected chi connectivity index (χ1v) is 9.88. The van der Waals surface area contributed by atoms with E-state index in [2.05, 4.69) is 27.4 Å². The highest BCUT2D eigenvalue weighted by atomic mass is 16.3. The monoisotopic (exact) mass is 374 g/mol. The summed E-state index contributed by atoms with van der Waals surface area (Å²) in [5.41, 5.74) is 1.07. The van der Waals surface area contributed by atoms with Crippen molar-refractivity contribution < 1.29 is 14.7 Å². The van der Waals surface area contributed by atoms with Crippen molar-refractivity contribution in [3.05, 3.63) is 24.3 Å². The number of benzene rings is 1. The molecule has 0 aromatic heterocycles. The molecule has 0 bridgehead atoms. The zero-order chi connectivity index (χ0) is 19.2. The Bertz CT molecular complexity index is 641. The molecule has 1 aliphatic heterocycles. The second-order valence-corrected chi connectivity index (χ2v) is 7.67. The van der Waals surface area contributed by atoms with E-state index >= 15 is 0 Å². The van der Waals surface area contributed by atoms with Crippen LogP contribution in [-0.4, -0.2) is 60.7 Å². The molecule has 148 valence electrons. The van der Waals surface area contributed by atoms with Crippen molar-refractivity contribution in [1.82, 2.24) is 15.5 Å². The summed E-state index contributed by atoms with van der Waals surface area (Å²) in [4.78, 5) is 28.5. The fourth-order valence-electron chi connectivity index (χ4n) is 3.93. The Morgan fingerprint density at radius 1 is 1.07 bits per heavy atom. The van der Waals surface area contributed by atoms with E-state index in [1.54, 1.807) is 12.1 Å². The largest absolute Gasteiger partial charge is 0.508 e. The summed E-state index contributed by atoms with van der Waals surface area (Å²) in [7, 11) is 0. The SMILES string of the molecule is CC1CCCCC1NC(=O)NC(=O)CN1CCN(c2ccc(O)cc2)CC1. The van der Waals surface area contributed by atoms with Gasteiger partial charge in [0.1, 0.15) is 5.75 Å². The highest BCUT2D eigenvalue weighted by molar-refractivity contribution is 5.95. The average Bonchev–Trinajstić information content (AvgIpc) is 2.65. The van der Waals surface area contributed by atoms with Gasteiger partial charge >= 0.3 is 6.03 Å². The number of hydrogen-bond donors (Lipinski definition) is 3. The fraction of sp³-hybridized carbons (Fsp3) is 0.600. The number of nitrogens with zero attached hydrogens (tertiary/aromatic N) is 2. The molecule has 7 heteroatoms. The van der Waals surface area contributed by atoms with E-state index in [4.69, 9.17) is 0 Å². The number of hydrogen-bond acceptors (Lipinski definition) is 5. The first-order chi connectivity index (χ1) is 13.0. The lowest BCUT2D eigenvalue weighted by Gasteiger charge is -2.35. The van der Waals surface area contributed by atoms with E-state index in [0.29, 0.717) is 5.92 Å². The van der Waals surface area contributed by atoms with Gasteiger partial charge < -0.3 is 15.3 Å². The van der Waals surface area contributed by atoms with Gasteiger partial charge in [-0.05, 0) is 43.0 Å². The number of nitrogens with one attached hydrogen (secondary N) is 2. The number of urea groups is 1. The van der Waals surface area contributed by atoms with Crippen LogP contribution in [0.1, 0.15) is 32.6 Å². The van der Waals surface area contributed by atoms with Gasteiger partial charge in [-0.3, -0.25) is 15.0 Å². The van der Waals surface area contributed by atoms with Crippen LogP contribution in [0.4, 0.5) is 10.5 Å². The smallest absolute Gasteiger partial charge is 0.321 e. The first-order valence-electron chi connectivity index (χ1n) is 9.88. The number of amides is 3. The maximum atomic E-state index is 12.2. The van der Waals surface area contributed by atoms with Gasteiger partial charge in [-0.2, -0.15) is 0 Å². The average molecular weight is 374 g/mol. The molecule has 27 heavy (non-hydrogen) atoms. The van der Waals surface area contributed by atoms with E-state index in [1.807, 2.05) is 12.1 Å². The van der Waals surface area contributed by atoms with Gasteiger partial charge in [0.25, 0.3) is 0 Å². The summed E-state index contributed by atoms with van der Waals surface area (Å²) in [6.45, 7) is 5.52. The first kappa shape index (κ1) is 19.5. The van der Waals surface area contributed by atoms with Crippen molar-refractivity contribution in [3.63, 3.8) is 0 Å². The van der Waals surface area contributed by atoms with Crippen molar-refractivity contribution in [1.29, 1.82) is 0 Å². The number of phenolic OH excluding ortho intramolecular Hbond substituents is 1. The molecule has 2 atom stereocenters. The molecule has 7 nitrogen and oxygen atoms in total. The second-order valence-electron chi connectivity index (χ2n) is 7.67. The maximum absolute atomic E-state index is 12.2. The Morgan fingerprint density at radius 2 is 1.74 bits per heavy atom. The second kappa shape index (κ2) is 9.08. The minimum atomic E-state index is -0.374. The highest BCUT2D eigenvalue weighted by Crippen LogP contribution is 2.23. The number of piperazine rings is 1. The molecule has 0 radical (unpaired) electrons. The van der Waals surface area contributed by atoms with Gasteiger partial charge in [-0.1, -0.05) is 19.8 Å². The van der Waals surface area contributed by atoms with Gasteiger partial charge in [0, 0.05) is 37.9 Å². The quantitative estimate of drug-likeness (QED) is 0.750. The van der Waals surface area contributed by atoms with Gasteiger partial charge in [0.2, 0.25) is 5.91 Å². The van der Waals surface area contributed by atoms with Crippen LogP contribution in [0.5, 0.6) is 5.75 Å². The standard InChI is InChI=1S/C20H30N4O3/c1-15-4-2-3-5-18(15)21-20(27)22-19(26)14-23-10-12-24(13-11-23)16-6-8-17(25)9-7-16/h6-9,15,18,25H,2-5,10-14H2,1H3,(H2,21,22,26,27). The number of anilines is 1. The number of aromatic hydroxyl groups is 1. The fourth-order valence-corrected chi connectivity index (χ4v) is 3.93. The molecule has 2 aliphatic rings. The number of imide groups is 1. The Labute approximate surface area is 160 Å². The molecule has 1 saturated carbocycles. The third-order valence-electron chi connectivity index (χ3n) is 5.64. The lowest BCUT2D eigenvalue weighted by Crippen LogP contribution is -2.52. The summed E-state index contributed by atoms with van der Waals surface area (Å²) in [6.07, 6.45) is 4.47. The zero-order valence-electron chi connectivity index (χ0n) is 16.0. The van der Waals surface area contributed by atoms with Gasteiger partial charge in [0.05, 0.1) is 6.54 Å². The molecule has 3 rings (SSSR count). The summed E-state index contributed by atoms with van der Waals surface area (Å²) in [6, 6.07) is 6.95. The van der Waals surface area contributed by atoms with Crippen LogP contribution in [0.25, 0.3) is 0 Å². The predicted molar refractivity (Wildman–Crippen MR) is 105 cm³/mol. The molecule has 1 heterocycles. The number of rotatable bonds is 4. The molecule has 3 amide bonds. The molecule has 2 unspecified atom stereocenters. The lowest BCUT2D eigenvalue weighted by molar-refractivity contribution is -0.121. The Hall–Kier alpha value is -2.28. The van der Waals surface area contributed by atoms with Crippen molar-refractivity contribution in [3.8, 4) is 5.75 Å². The van der Waals surface area contributed by atoms with Gasteiger partial charge in [-0.15, -0.1) is 0 Å². The van der Waals surface area contributed by atoms with Gasteiger partial charge in [0.15, 0.2) is 0 Å². The third kappa shape index (κ3) is 5.60. The van der Waals surface area contributed by atoms with E-state index in [1.165, 1.54) is 6.42 Å². The molecule has 1 aliphatic carbocycles. The summed E-state index contributed by atoms with van der Waals surface area (Å²) < 4.78 is 0. The summed E-state index contributed by atoms with van der Waals surface area (Å²) >= 11 is 0. The molecule has 1 aromatic carbocycles. The zero-order valence-corrected chi connectivity index (χ0v) is 16.0. The topological polar surface area (TPSA) is 84.9 Å². The van der Waals surface area contributed by atoms with E-state index < -0.39 is 0 Å². The van der Waals surface area contributed by atoms with Crippen molar-refractivity contribution in [2.75, 3.05) is 37.6 Å². The molecule has 1 saturated heterocycles. The Morgan fingerprint density at radius 3 is 2.41 bits per heavy atom. The lowest BCUT2D eigenvalue weighted by atomic mass is 9.86. The number of carbonyl (C=O) groups is 2. The van der Waals surface area contributed by atoms with E-state index in [-0.39, 0.29) is 30.3 Å². The van der Waals surface area contributed by atoms with E-state index in [9.17, 15) is 14.7 Å². The molecular weight excluding hydrogens is 344 g/mol. The van der Waals surface area contributed by atoms with Crippen LogP contribution in [-0.2, 0) is 4.79 Å². The van der Waals surface area contributed by atoms with Crippen LogP contribution in [0, 0.1) is 5.92 Å². The number of phenols is 1. The van der Waals surface area contributed by atoms with Crippen LogP contribution in [0.15, 0.2) is 24.3 Å². The normalized spacial score (nSPS) is 23.7. The molecule has 2 fully saturated rings. The minimum absolute atomic E-state index is 0.167. The minimum Gasteiger partial charge on any atom is -0.508 e. The van der Waals surface area contributed by atoms with Crippen molar-refractivity contribution >= 4 is 17.6 Å². The van der Waals surface area contributed by atoms with Crippen molar-refractivity contribution in [2.24, 2.45) is 5.92 Å². The van der Waals surface area contributed by atoms with Crippen molar-refractivity contribution in [2.45, 2.75) is 38.6 Å². The predicted octanol–water partition coefficient (Wildman–Crippen LogP) is 1.92. The third-order valence-corrected chi connectivity index (χ3v) is 5.64. The van der Waals surface area contributed by atoms with E-state index in [0.717, 1.165) is 51.1 Å². The maximum Gasteiger partial charge on any atom is 0.321 e. The number of carbonyl (C=O) groups excluding carboxylic acids is 2. The molecule has 0 spiro atoms. The van der Waals surface area contributed by atoms with Crippen LogP contribution in [0.3, 0.4) is 0 Å². The Kier molecular flexibility index (Phi) is 6.55. The molecular formula is C20H30N4O3. The molecule has 1 aromatic rings. The summed E-state index contributed by atoms with van der Waals surface area (Å²) in [5, 5.41) is 14.8. The van der Waals surface area contributed by atoms with Crippen LogP contribution in [0.2, 0.25) is 0 Å². The van der Waals surface area contributed by atoms with Crippen LogP contribution < -0.4 is 15.5 Å². The highest BCUT2D eigenvalue weighted by Gasteiger charge is 2.24. The van der Waals surface area contributed by atoms with Crippen LogP contribution >= 0.6 is 0 Å². The Balaban J connectivity index is 1.38. The summed E-state index contributed by atoms with van der Waals surface area (Å²) in [5.74, 6) is 0.469.